The molecule has 1 atom stereocenters. The number of rotatable bonds is 6. The summed E-state index contributed by atoms with van der Waals surface area (Å²) in [7, 11) is 1.53. The maximum absolute atomic E-state index is 6.10. The minimum absolute atomic E-state index is 0.322. The Labute approximate surface area is 107 Å². The van der Waals surface area contributed by atoms with E-state index in [4.69, 9.17) is 22.1 Å². The highest BCUT2D eigenvalue weighted by Gasteiger charge is 2.14. The second kappa shape index (κ2) is 6.61. The molecule has 17 heavy (non-hydrogen) atoms. The lowest BCUT2D eigenvalue weighted by Gasteiger charge is -2.25. The van der Waals surface area contributed by atoms with Crippen LogP contribution < -0.4 is 15.4 Å². The number of anilines is 1. The summed E-state index contributed by atoms with van der Waals surface area (Å²) in [6, 6.07) is 0.322. The molecule has 0 radical (unpaired) electrons. The molecule has 1 heterocycles. The summed E-state index contributed by atoms with van der Waals surface area (Å²) in [4.78, 5) is 10.3. The van der Waals surface area contributed by atoms with Gasteiger partial charge in [-0.1, -0.05) is 18.5 Å². The maximum atomic E-state index is 6.10. The fraction of sp³-hybridized carbons (Fsp3) is 0.636. The molecular weight excluding hydrogens is 240 g/mol. The molecule has 2 N–H and O–H groups in total. The van der Waals surface area contributed by atoms with Gasteiger partial charge in [0.25, 0.3) is 0 Å². The van der Waals surface area contributed by atoms with Gasteiger partial charge in [0.1, 0.15) is 5.02 Å². The van der Waals surface area contributed by atoms with Crippen molar-refractivity contribution in [1.29, 1.82) is 0 Å². The SMILES string of the molecule is CCN(CC(C)CN)c1nc(OC)ncc1Cl. The molecule has 1 unspecified atom stereocenters. The molecule has 0 saturated carbocycles. The van der Waals surface area contributed by atoms with E-state index in [1.54, 1.807) is 6.20 Å². The summed E-state index contributed by atoms with van der Waals surface area (Å²) in [6.07, 6.45) is 1.55. The van der Waals surface area contributed by atoms with Gasteiger partial charge in [-0.25, -0.2) is 4.98 Å². The monoisotopic (exact) mass is 258 g/mol. The largest absolute Gasteiger partial charge is 0.467 e. The van der Waals surface area contributed by atoms with Crippen LogP contribution in [0.3, 0.4) is 0 Å². The van der Waals surface area contributed by atoms with E-state index in [9.17, 15) is 0 Å². The van der Waals surface area contributed by atoms with Gasteiger partial charge in [-0.2, -0.15) is 4.98 Å². The van der Waals surface area contributed by atoms with Crippen LogP contribution in [0.2, 0.25) is 5.02 Å². The van der Waals surface area contributed by atoms with Crippen molar-refractivity contribution in [2.75, 3.05) is 31.6 Å². The molecule has 0 aromatic carbocycles. The lowest BCUT2D eigenvalue weighted by molar-refractivity contribution is 0.379. The summed E-state index contributed by atoms with van der Waals surface area (Å²) >= 11 is 6.10. The number of nitrogens with two attached hydrogens (primary N) is 1. The van der Waals surface area contributed by atoms with Crippen LogP contribution in [-0.4, -0.2) is 36.7 Å². The van der Waals surface area contributed by atoms with E-state index in [2.05, 4.69) is 21.8 Å². The average Bonchev–Trinajstić information content (AvgIpc) is 2.36. The lowest BCUT2D eigenvalue weighted by atomic mass is 10.1. The molecule has 0 saturated heterocycles. The fourth-order valence-corrected chi connectivity index (χ4v) is 1.69. The molecule has 0 spiro atoms. The Morgan fingerprint density at radius 2 is 2.29 bits per heavy atom. The third kappa shape index (κ3) is 3.71. The fourth-order valence-electron chi connectivity index (χ4n) is 1.48. The molecule has 1 aromatic heterocycles. The van der Waals surface area contributed by atoms with E-state index in [0.29, 0.717) is 29.3 Å². The average molecular weight is 259 g/mol. The zero-order valence-corrected chi connectivity index (χ0v) is 11.2. The summed E-state index contributed by atoms with van der Waals surface area (Å²) < 4.78 is 5.00. The standard InChI is InChI=1S/C11H19ClN4O/c1-4-16(7-8(2)5-13)10-9(12)6-14-11(15-10)17-3/h6,8H,4-5,7,13H2,1-3H3. The number of aromatic nitrogens is 2. The Kier molecular flexibility index (Phi) is 5.44. The number of methoxy groups -OCH3 is 1. The second-order valence-electron chi connectivity index (χ2n) is 3.91. The van der Waals surface area contributed by atoms with Crippen LogP contribution in [0.1, 0.15) is 13.8 Å². The molecule has 96 valence electrons. The Hall–Kier alpha value is -1.07. The van der Waals surface area contributed by atoms with Gasteiger partial charge >= 0.3 is 6.01 Å². The Balaban J connectivity index is 2.93. The molecule has 0 fully saturated rings. The van der Waals surface area contributed by atoms with Crippen LogP contribution in [0.4, 0.5) is 5.82 Å². The Bertz CT molecular complexity index is 361. The first kappa shape index (κ1) is 14.0. The quantitative estimate of drug-likeness (QED) is 0.839. The molecule has 6 heteroatoms. The second-order valence-corrected chi connectivity index (χ2v) is 4.31. The molecule has 0 aliphatic rings. The van der Waals surface area contributed by atoms with Gasteiger partial charge in [-0.05, 0) is 19.4 Å². The van der Waals surface area contributed by atoms with Gasteiger partial charge in [-0.3, -0.25) is 0 Å². The van der Waals surface area contributed by atoms with Crippen LogP contribution in [0.25, 0.3) is 0 Å². The van der Waals surface area contributed by atoms with E-state index in [1.165, 1.54) is 7.11 Å². The van der Waals surface area contributed by atoms with Gasteiger partial charge in [0.15, 0.2) is 5.82 Å². The molecular formula is C11H19ClN4O. The molecule has 1 rings (SSSR count). The first-order valence-electron chi connectivity index (χ1n) is 5.63. The summed E-state index contributed by atoms with van der Waals surface area (Å²) in [5.74, 6) is 1.08. The molecule has 1 aromatic rings. The topological polar surface area (TPSA) is 64.3 Å². The predicted molar refractivity (Wildman–Crippen MR) is 69.7 cm³/mol. The van der Waals surface area contributed by atoms with Crippen molar-refractivity contribution in [2.45, 2.75) is 13.8 Å². The van der Waals surface area contributed by atoms with Crippen LogP contribution in [0.5, 0.6) is 6.01 Å². The van der Waals surface area contributed by atoms with E-state index < -0.39 is 0 Å². The third-order valence-corrected chi connectivity index (χ3v) is 2.77. The summed E-state index contributed by atoms with van der Waals surface area (Å²) in [6.45, 7) is 6.40. The third-order valence-electron chi connectivity index (χ3n) is 2.50. The van der Waals surface area contributed by atoms with Crippen molar-refractivity contribution in [1.82, 2.24) is 9.97 Å². The number of hydrogen-bond donors (Lipinski definition) is 1. The Morgan fingerprint density at radius 1 is 1.59 bits per heavy atom. The van der Waals surface area contributed by atoms with Crippen LogP contribution >= 0.6 is 11.6 Å². The summed E-state index contributed by atoms with van der Waals surface area (Å²) in [5, 5.41) is 0.525. The molecule has 0 aliphatic carbocycles. The van der Waals surface area contributed by atoms with Gasteiger partial charge in [0.2, 0.25) is 0 Å². The summed E-state index contributed by atoms with van der Waals surface area (Å²) in [5.41, 5.74) is 5.63. The zero-order chi connectivity index (χ0) is 12.8. The smallest absolute Gasteiger partial charge is 0.318 e. The number of nitrogens with zero attached hydrogens (tertiary/aromatic N) is 3. The van der Waals surface area contributed by atoms with Crippen LogP contribution in [0.15, 0.2) is 6.20 Å². The molecule has 0 bridgehead atoms. The van der Waals surface area contributed by atoms with Crippen molar-refractivity contribution in [3.8, 4) is 6.01 Å². The molecule has 0 amide bonds. The predicted octanol–water partition coefficient (Wildman–Crippen LogP) is 1.56. The minimum Gasteiger partial charge on any atom is -0.467 e. The molecule has 5 nitrogen and oxygen atoms in total. The lowest BCUT2D eigenvalue weighted by Crippen LogP contribution is -2.32. The van der Waals surface area contributed by atoms with E-state index in [0.717, 1.165) is 13.1 Å². The zero-order valence-electron chi connectivity index (χ0n) is 10.5. The van der Waals surface area contributed by atoms with Crippen molar-refractivity contribution >= 4 is 17.4 Å². The van der Waals surface area contributed by atoms with Crippen molar-refractivity contribution < 1.29 is 4.74 Å². The normalized spacial score (nSPS) is 12.3. The van der Waals surface area contributed by atoms with E-state index in [-0.39, 0.29) is 0 Å². The van der Waals surface area contributed by atoms with Gasteiger partial charge < -0.3 is 15.4 Å². The van der Waals surface area contributed by atoms with Crippen molar-refractivity contribution in [3.05, 3.63) is 11.2 Å². The van der Waals surface area contributed by atoms with Gasteiger partial charge in [-0.15, -0.1) is 0 Å². The highest BCUT2D eigenvalue weighted by molar-refractivity contribution is 6.32. The van der Waals surface area contributed by atoms with Crippen LogP contribution in [-0.2, 0) is 0 Å². The van der Waals surface area contributed by atoms with Gasteiger partial charge in [0.05, 0.1) is 13.3 Å². The first-order valence-corrected chi connectivity index (χ1v) is 6.01. The highest BCUT2D eigenvalue weighted by Crippen LogP contribution is 2.24. The van der Waals surface area contributed by atoms with Crippen molar-refractivity contribution in [3.63, 3.8) is 0 Å². The van der Waals surface area contributed by atoms with Gasteiger partial charge in [0, 0.05) is 13.1 Å². The number of hydrogen-bond acceptors (Lipinski definition) is 5. The minimum atomic E-state index is 0.322. The van der Waals surface area contributed by atoms with E-state index in [1.807, 2.05) is 6.92 Å². The number of ether oxygens (including phenoxy) is 1. The van der Waals surface area contributed by atoms with Crippen molar-refractivity contribution in [2.24, 2.45) is 11.7 Å². The Morgan fingerprint density at radius 3 is 2.82 bits per heavy atom. The highest BCUT2D eigenvalue weighted by atomic mass is 35.5. The number of halogens is 1. The molecule has 0 aliphatic heterocycles. The maximum Gasteiger partial charge on any atom is 0.318 e. The first-order chi connectivity index (χ1) is 8.12. The van der Waals surface area contributed by atoms with Crippen LogP contribution in [0, 0.1) is 5.92 Å². The van der Waals surface area contributed by atoms with E-state index >= 15 is 0 Å².